The van der Waals surface area contributed by atoms with Gasteiger partial charge in [-0.25, -0.2) is 9.80 Å². The van der Waals surface area contributed by atoms with E-state index in [0.29, 0.717) is 38.5 Å². The van der Waals surface area contributed by atoms with Crippen molar-refractivity contribution in [1.82, 2.24) is 20.1 Å². The molecule has 9 heteroatoms. The van der Waals surface area contributed by atoms with Crippen LogP contribution >= 0.6 is 0 Å². The number of para-hydroxylation sites is 1. The number of aryl methyl sites for hydroxylation is 2. The number of morpholine rings is 1. The summed E-state index contributed by atoms with van der Waals surface area (Å²) in [4.78, 5) is 31.2. The number of amides is 3. The Morgan fingerprint density at radius 2 is 1.82 bits per heavy atom. The van der Waals surface area contributed by atoms with Gasteiger partial charge >= 0.3 is 6.03 Å². The molecule has 2 aromatic carbocycles. The van der Waals surface area contributed by atoms with Crippen LogP contribution in [0, 0.1) is 13.8 Å². The quantitative estimate of drug-likeness (QED) is 0.535. The number of urea groups is 1. The van der Waals surface area contributed by atoms with Gasteiger partial charge in [0.1, 0.15) is 12.3 Å². The molecular formula is C31H43N5O4. The first kappa shape index (κ1) is 29.6. The number of rotatable bonds is 8. The van der Waals surface area contributed by atoms with E-state index in [2.05, 4.69) is 42.3 Å². The van der Waals surface area contributed by atoms with E-state index in [-0.39, 0.29) is 24.5 Å². The average molecular weight is 550 g/mol. The molecule has 216 valence electrons. The van der Waals surface area contributed by atoms with Crippen LogP contribution in [0.25, 0.3) is 0 Å². The van der Waals surface area contributed by atoms with Gasteiger partial charge < -0.3 is 19.7 Å². The average Bonchev–Trinajstić information content (AvgIpc) is 3.37. The number of carbonyl (C=O) groups excluding carboxylic acids is 2. The summed E-state index contributed by atoms with van der Waals surface area (Å²) in [6, 6.07) is 13.4. The lowest BCUT2D eigenvalue weighted by Crippen LogP contribution is -2.53. The zero-order valence-corrected chi connectivity index (χ0v) is 24.7. The highest BCUT2D eigenvalue weighted by Crippen LogP contribution is 2.37. The maximum atomic E-state index is 14.0. The molecule has 2 aromatic rings. The number of methoxy groups -OCH3 is 1. The molecule has 40 heavy (non-hydrogen) atoms. The summed E-state index contributed by atoms with van der Waals surface area (Å²) in [7, 11) is 1.63. The van der Waals surface area contributed by atoms with Gasteiger partial charge in [0.05, 0.1) is 32.1 Å². The van der Waals surface area contributed by atoms with Crippen molar-refractivity contribution in [3.8, 4) is 5.75 Å². The van der Waals surface area contributed by atoms with Crippen molar-refractivity contribution >= 4 is 17.6 Å². The Kier molecular flexibility index (Phi) is 9.48. The summed E-state index contributed by atoms with van der Waals surface area (Å²) in [6.45, 7) is 14.0. The van der Waals surface area contributed by atoms with Gasteiger partial charge in [-0.3, -0.25) is 9.69 Å². The lowest BCUT2D eigenvalue weighted by Gasteiger charge is -2.33. The fraction of sp³-hybridized carbons (Fsp3) is 0.516. The van der Waals surface area contributed by atoms with E-state index in [0.717, 1.165) is 29.9 Å². The number of carbonyl (C=O) groups is 2. The molecule has 0 aliphatic carbocycles. The van der Waals surface area contributed by atoms with Gasteiger partial charge in [-0.05, 0) is 63.4 Å². The van der Waals surface area contributed by atoms with Gasteiger partial charge in [0.15, 0.2) is 0 Å². The van der Waals surface area contributed by atoms with Gasteiger partial charge in [0, 0.05) is 43.7 Å². The van der Waals surface area contributed by atoms with E-state index in [9.17, 15) is 9.59 Å². The second-order valence-electron chi connectivity index (χ2n) is 11.6. The van der Waals surface area contributed by atoms with Crippen molar-refractivity contribution in [2.45, 2.75) is 52.6 Å². The van der Waals surface area contributed by atoms with Crippen LogP contribution in [0.5, 0.6) is 5.75 Å². The fourth-order valence-electron chi connectivity index (χ4n) is 4.99. The highest BCUT2D eigenvalue weighted by atomic mass is 16.5. The SMILES string of the molecule is COc1ccccc1[C@@H]1CC(c2ccc(C)c(C)c2)=NN1C(=O)CN(CCN1CCOCC1)C(=O)NC(C)(C)C. The summed E-state index contributed by atoms with van der Waals surface area (Å²) in [6.07, 6.45) is 0.552. The molecule has 0 spiro atoms. The minimum Gasteiger partial charge on any atom is -0.496 e. The summed E-state index contributed by atoms with van der Waals surface area (Å²) in [5, 5.41) is 9.44. The minimum absolute atomic E-state index is 0.0817. The molecule has 3 amide bonds. The number of nitrogens with zero attached hydrogens (tertiary/aromatic N) is 4. The number of hydrogen-bond acceptors (Lipinski definition) is 6. The van der Waals surface area contributed by atoms with Crippen LogP contribution in [0.4, 0.5) is 4.79 Å². The van der Waals surface area contributed by atoms with Crippen molar-refractivity contribution in [3.63, 3.8) is 0 Å². The maximum Gasteiger partial charge on any atom is 0.318 e. The maximum absolute atomic E-state index is 14.0. The van der Waals surface area contributed by atoms with Gasteiger partial charge in [0.2, 0.25) is 0 Å². The molecule has 0 saturated carbocycles. The molecule has 0 unspecified atom stereocenters. The van der Waals surface area contributed by atoms with Crippen molar-refractivity contribution < 1.29 is 19.1 Å². The normalized spacial score (nSPS) is 17.9. The van der Waals surface area contributed by atoms with E-state index in [4.69, 9.17) is 14.6 Å². The fourth-order valence-corrected chi connectivity index (χ4v) is 4.99. The summed E-state index contributed by atoms with van der Waals surface area (Å²) in [5.74, 6) is 0.470. The number of hydrazone groups is 1. The van der Waals surface area contributed by atoms with Crippen molar-refractivity contribution in [2.75, 3.05) is 53.0 Å². The second-order valence-corrected chi connectivity index (χ2v) is 11.6. The van der Waals surface area contributed by atoms with E-state index in [1.54, 1.807) is 17.0 Å². The first-order valence-electron chi connectivity index (χ1n) is 14.0. The third kappa shape index (κ3) is 7.40. The highest BCUT2D eigenvalue weighted by molar-refractivity contribution is 6.03. The van der Waals surface area contributed by atoms with Crippen LogP contribution in [-0.4, -0.2) is 91.0 Å². The standard InChI is InChI=1S/C31H43N5O4/c1-22-11-12-24(19-23(22)2)26-20-27(25-9-7-8-10-28(25)39-6)36(33-26)29(37)21-35(30(38)32-31(3,4)5)14-13-34-15-17-40-18-16-34/h7-12,19,27H,13-18,20-21H2,1-6H3,(H,32,38)/t27-/m0/s1. The topological polar surface area (TPSA) is 86.7 Å². The smallest absolute Gasteiger partial charge is 0.318 e. The summed E-state index contributed by atoms with van der Waals surface area (Å²) < 4.78 is 11.1. The molecule has 2 aliphatic heterocycles. The van der Waals surface area contributed by atoms with E-state index in [1.807, 2.05) is 45.0 Å². The predicted octanol–water partition coefficient (Wildman–Crippen LogP) is 4.13. The third-order valence-electron chi connectivity index (χ3n) is 7.39. The lowest BCUT2D eigenvalue weighted by molar-refractivity contribution is -0.133. The highest BCUT2D eigenvalue weighted by Gasteiger charge is 2.36. The molecule has 1 atom stereocenters. The Morgan fingerprint density at radius 1 is 1.10 bits per heavy atom. The first-order chi connectivity index (χ1) is 19.1. The van der Waals surface area contributed by atoms with Crippen LogP contribution in [-0.2, 0) is 9.53 Å². The van der Waals surface area contributed by atoms with E-state index >= 15 is 0 Å². The Hall–Kier alpha value is -3.43. The van der Waals surface area contributed by atoms with Crippen molar-refractivity contribution in [1.29, 1.82) is 0 Å². The third-order valence-corrected chi connectivity index (χ3v) is 7.39. The first-order valence-corrected chi connectivity index (χ1v) is 14.0. The molecule has 2 heterocycles. The molecule has 0 radical (unpaired) electrons. The van der Waals surface area contributed by atoms with Crippen molar-refractivity contribution in [2.24, 2.45) is 5.10 Å². The second kappa shape index (κ2) is 12.8. The van der Waals surface area contributed by atoms with Crippen LogP contribution in [0.1, 0.15) is 55.5 Å². The van der Waals surface area contributed by atoms with Crippen LogP contribution in [0.2, 0.25) is 0 Å². The lowest BCUT2D eigenvalue weighted by atomic mass is 9.96. The number of benzene rings is 2. The number of hydrogen-bond donors (Lipinski definition) is 1. The van der Waals surface area contributed by atoms with Crippen LogP contribution in [0.15, 0.2) is 47.6 Å². The predicted molar refractivity (Wildman–Crippen MR) is 157 cm³/mol. The Labute approximate surface area is 238 Å². The molecule has 1 saturated heterocycles. The van der Waals surface area contributed by atoms with Crippen molar-refractivity contribution in [3.05, 3.63) is 64.7 Å². The van der Waals surface area contributed by atoms with Gasteiger partial charge in [-0.1, -0.05) is 30.3 Å². The molecule has 9 nitrogen and oxygen atoms in total. The minimum atomic E-state index is -0.431. The Morgan fingerprint density at radius 3 is 2.50 bits per heavy atom. The van der Waals surface area contributed by atoms with Gasteiger partial charge in [-0.2, -0.15) is 5.10 Å². The van der Waals surface area contributed by atoms with E-state index < -0.39 is 5.54 Å². The van der Waals surface area contributed by atoms with Crippen LogP contribution in [0.3, 0.4) is 0 Å². The Bertz CT molecular complexity index is 1230. The zero-order chi connectivity index (χ0) is 28.9. The monoisotopic (exact) mass is 549 g/mol. The molecule has 1 fully saturated rings. The van der Waals surface area contributed by atoms with Gasteiger partial charge in [0.25, 0.3) is 5.91 Å². The van der Waals surface area contributed by atoms with Crippen LogP contribution < -0.4 is 10.1 Å². The Balaban J connectivity index is 1.62. The largest absolute Gasteiger partial charge is 0.496 e. The molecule has 0 aromatic heterocycles. The molecule has 2 aliphatic rings. The molecule has 1 N–H and O–H groups in total. The summed E-state index contributed by atoms with van der Waals surface area (Å²) >= 11 is 0. The van der Waals surface area contributed by atoms with Gasteiger partial charge in [-0.15, -0.1) is 0 Å². The zero-order valence-electron chi connectivity index (χ0n) is 24.7. The molecule has 4 rings (SSSR count). The van der Waals surface area contributed by atoms with E-state index in [1.165, 1.54) is 11.1 Å². The molecule has 0 bridgehead atoms. The summed E-state index contributed by atoms with van der Waals surface area (Å²) in [5.41, 5.74) is 4.67. The number of nitrogens with one attached hydrogen (secondary N) is 1. The molecular weight excluding hydrogens is 506 g/mol. The number of ether oxygens (including phenoxy) is 2.